The van der Waals surface area contributed by atoms with E-state index in [4.69, 9.17) is 0 Å². The predicted molar refractivity (Wildman–Crippen MR) is 29.0 cm³/mol. The SMILES string of the molecule is CC(C)C=CC(=O)[O-].[Na+]. The third kappa shape index (κ3) is 11.7. The van der Waals surface area contributed by atoms with Gasteiger partial charge in [0.05, 0.1) is 5.97 Å². The van der Waals surface area contributed by atoms with Crippen molar-refractivity contribution >= 4 is 5.97 Å². The molecular weight excluding hydrogens is 127 g/mol. The van der Waals surface area contributed by atoms with Crippen LogP contribution in [-0.2, 0) is 4.79 Å². The normalized spacial score (nSPS) is 9.67. The summed E-state index contributed by atoms with van der Waals surface area (Å²) in [4.78, 5) is 9.71. The minimum atomic E-state index is -1.13. The monoisotopic (exact) mass is 136 g/mol. The number of carboxylic acid groups (broad SMARTS) is 1. The second kappa shape index (κ2) is 6.33. The molecule has 0 aliphatic heterocycles. The molecule has 0 radical (unpaired) electrons. The van der Waals surface area contributed by atoms with Crippen molar-refractivity contribution in [1.29, 1.82) is 0 Å². The van der Waals surface area contributed by atoms with Gasteiger partial charge >= 0.3 is 29.6 Å². The minimum Gasteiger partial charge on any atom is -0.545 e. The van der Waals surface area contributed by atoms with Gasteiger partial charge in [-0.05, 0) is 12.0 Å². The van der Waals surface area contributed by atoms with Gasteiger partial charge < -0.3 is 9.90 Å². The maximum Gasteiger partial charge on any atom is 1.00 e. The van der Waals surface area contributed by atoms with Crippen molar-refractivity contribution in [3.8, 4) is 0 Å². The summed E-state index contributed by atoms with van der Waals surface area (Å²) in [6.07, 6.45) is 2.62. The van der Waals surface area contributed by atoms with Crippen molar-refractivity contribution in [1.82, 2.24) is 0 Å². The van der Waals surface area contributed by atoms with Crippen molar-refractivity contribution < 1.29 is 39.5 Å². The Morgan fingerprint density at radius 1 is 1.56 bits per heavy atom. The Morgan fingerprint density at radius 3 is 2.11 bits per heavy atom. The summed E-state index contributed by atoms with van der Waals surface area (Å²) in [6.45, 7) is 3.80. The topological polar surface area (TPSA) is 40.1 Å². The van der Waals surface area contributed by atoms with Crippen LogP contribution in [0.15, 0.2) is 12.2 Å². The van der Waals surface area contributed by atoms with E-state index in [1.165, 1.54) is 0 Å². The van der Waals surface area contributed by atoms with Gasteiger partial charge in [-0.15, -0.1) is 0 Å². The second-order valence-electron chi connectivity index (χ2n) is 1.92. The first-order valence-electron chi connectivity index (χ1n) is 2.52. The van der Waals surface area contributed by atoms with Crippen LogP contribution < -0.4 is 34.7 Å². The smallest absolute Gasteiger partial charge is 0.545 e. The molecule has 0 aliphatic rings. The summed E-state index contributed by atoms with van der Waals surface area (Å²) >= 11 is 0. The van der Waals surface area contributed by atoms with Crippen LogP contribution in [0.4, 0.5) is 0 Å². The summed E-state index contributed by atoms with van der Waals surface area (Å²) in [5, 5.41) is 9.71. The van der Waals surface area contributed by atoms with Crippen molar-refractivity contribution in [2.24, 2.45) is 5.92 Å². The van der Waals surface area contributed by atoms with Crippen LogP contribution in [0.2, 0.25) is 0 Å². The molecule has 0 amide bonds. The van der Waals surface area contributed by atoms with Gasteiger partial charge in [0, 0.05) is 0 Å². The molecule has 0 heterocycles. The van der Waals surface area contributed by atoms with Gasteiger partial charge in [0.1, 0.15) is 0 Å². The zero-order chi connectivity index (χ0) is 6.57. The standard InChI is InChI=1S/C6H10O2.Na/c1-5(2)3-4-6(7)8;/h3-5H,1-2H3,(H,7,8);/q;+1/p-1. The number of aliphatic carboxylic acids is 1. The van der Waals surface area contributed by atoms with E-state index in [0.29, 0.717) is 0 Å². The maximum absolute atomic E-state index is 9.71. The zero-order valence-corrected chi connectivity index (χ0v) is 8.05. The second-order valence-corrected chi connectivity index (χ2v) is 1.92. The van der Waals surface area contributed by atoms with Gasteiger partial charge in [0.15, 0.2) is 0 Å². The van der Waals surface area contributed by atoms with E-state index < -0.39 is 5.97 Å². The number of allylic oxidation sites excluding steroid dienone is 1. The fourth-order valence-electron chi connectivity index (χ4n) is 0.271. The average Bonchev–Trinajstić information content (AvgIpc) is 1.61. The summed E-state index contributed by atoms with van der Waals surface area (Å²) in [7, 11) is 0. The Labute approximate surface area is 77.2 Å². The molecule has 0 fully saturated rings. The van der Waals surface area contributed by atoms with Crippen molar-refractivity contribution in [3.63, 3.8) is 0 Å². The molecule has 0 atom stereocenters. The molecule has 46 valence electrons. The van der Waals surface area contributed by atoms with Crippen LogP contribution in [0.25, 0.3) is 0 Å². The number of hydrogen-bond donors (Lipinski definition) is 0. The molecule has 0 saturated heterocycles. The van der Waals surface area contributed by atoms with E-state index in [1.54, 1.807) is 6.08 Å². The van der Waals surface area contributed by atoms with Gasteiger partial charge in [-0.3, -0.25) is 0 Å². The third-order valence-corrected chi connectivity index (χ3v) is 0.617. The molecule has 0 saturated carbocycles. The van der Waals surface area contributed by atoms with Crippen LogP contribution in [0.3, 0.4) is 0 Å². The molecule has 0 aromatic carbocycles. The van der Waals surface area contributed by atoms with Crippen LogP contribution in [0, 0.1) is 5.92 Å². The fourth-order valence-corrected chi connectivity index (χ4v) is 0.271. The molecule has 0 unspecified atom stereocenters. The maximum atomic E-state index is 9.71. The molecule has 0 aromatic rings. The molecule has 0 spiro atoms. The largest absolute Gasteiger partial charge is 1.00 e. The zero-order valence-electron chi connectivity index (χ0n) is 6.05. The Hall–Kier alpha value is 0.210. The number of rotatable bonds is 2. The van der Waals surface area contributed by atoms with E-state index in [1.807, 2.05) is 13.8 Å². The van der Waals surface area contributed by atoms with Crippen LogP contribution in [0.5, 0.6) is 0 Å². The first kappa shape index (κ1) is 11.9. The number of carboxylic acids is 1. The van der Waals surface area contributed by atoms with E-state index in [0.717, 1.165) is 6.08 Å². The van der Waals surface area contributed by atoms with Crippen molar-refractivity contribution in [2.75, 3.05) is 0 Å². The van der Waals surface area contributed by atoms with Gasteiger partial charge in [-0.25, -0.2) is 0 Å². The summed E-state index contributed by atoms with van der Waals surface area (Å²) in [6, 6.07) is 0. The third-order valence-electron chi connectivity index (χ3n) is 0.617. The Kier molecular flexibility index (Phi) is 8.40. The average molecular weight is 136 g/mol. The molecule has 0 bridgehead atoms. The predicted octanol–water partition coefficient (Wildman–Crippen LogP) is -3.05. The number of carbonyl (C=O) groups excluding carboxylic acids is 1. The van der Waals surface area contributed by atoms with Gasteiger partial charge in [0.25, 0.3) is 0 Å². The van der Waals surface area contributed by atoms with Gasteiger partial charge in [-0.2, -0.15) is 0 Å². The minimum absolute atomic E-state index is 0. The van der Waals surface area contributed by atoms with Crippen molar-refractivity contribution in [2.45, 2.75) is 13.8 Å². The summed E-state index contributed by atoms with van der Waals surface area (Å²) in [5.74, 6) is -0.841. The Bertz CT molecular complexity index is 108. The molecular formula is C6H9NaO2. The first-order chi connectivity index (χ1) is 3.63. The number of carbonyl (C=O) groups is 1. The number of hydrogen-bond acceptors (Lipinski definition) is 2. The molecule has 9 heavy (non-hydrogen) atoms. The van der Waals surface area contributed by atoms with E-state index in [-0.39, 0.29) is 35.5 Å². The molecule has 3 heteroatoms. The van der Waals surface area contributed by atoms with Crippen molar-refractivity contribution in [3.05, 3.63) is 12.2 Å². The van der Waals surface area contributed by atoms with Crippen LogP contribution >= 0.6 is 0 Å². The molecule has 0 N–H and O–H groups in total. The fraction of sp³-hybridized carbons (Fsp3) is 0.500. The van der Waals surface area contributed by atoms with Crippen LogP contribution in [-0.4, -0.2) is 5.97 Å². The first-order valence-corrected chi connectivity index (χ1v) is 2.52. The summed E-state index contributed by atoms with van der Waals surface area (Å²) in [5.41, 5.74) is 0. The van der Waals surface area contributed by atoms with Gasteiger partial charge in [-0.1, -0.05) is 19.9 Å². The Balaban J connectivity index is 0. The summed E-state index contributed by atoms with van der Waals surface area (Å²) < 4.78 is 0. The van der Waals surface area contributed by atoms with Crippen LogP contribution in [0.1, 0.15) is 13.8 Å². The quantitative estimate of drug-likeness (QED) is 0.299. The van der Waals surface area contributed by atoms with E-state index in [2.05, 4.69) is 0 Å². The molecule has 0 aromatic heterocycles. The molecule has 0 aliphatic carbocycles. The Morgan fingerprint density at radius 2 is 2.00 bits per heavy atom. The molecule has 0 rings (SSSR count). The molecule has 2 nitrogen and oxygen atoms in total. The van der Waals surface area contributed by atoms with Gasteiger partial charge in [0.2, 0.25) is 0 Å². The van der Waals surface area contributed by atoms with E-state index >= 15 is 0 Å². The van der Waals surface area contributed by atoms with E-state index in [9.17, 15) is 9.90 Å².